The summed E-state index contributed by atoms with van der Waals surface area (Å²) in [5.41, 5.74) is 1.70. The standard InChI is InChI=1S/C15H21N3O3/c1-3-12-4-5-14(10-15(12)18(20)21)16-13-6-8-17(9-7-13)11(2)19/h4-5,10,13,16H,3,6-9H2,1-2H3. The maximum atomic E-state index is 11.3. The molecule has 6 heteroatoms. The van der Waals surface area contributed by atoms with Gasteiger partial charge in [-0.2, -0.15) is 0 Å². The molecule has 0 aliphatic carbocycles. The molecular weight excluding hydrogens is 270 g/mol. The summed E-state index contributed by atoms with van der Waals surface area (Å²) < 4.78 is 0. The van der Waals surface area contributed by atoms with E-state index in [2.05, 4.69) is 5.32 Å². The lowest BCUT2D eigenvalue weighted by molar-refractivity contribution is -0.385. The number of hydrogen-bond acceptors (Lipinski definition) is 4. The third kappa shape index (κ3) is 3.71. The van der Waals surface area contributed by atoms with Crippen molar-refractivity contribution >= 4 is 17.3 Å². The Bertz CT molecular complexity index is 537. The number of amides is 1. The van der Waals surface area contributed by atoms with Crippen LogP contribution in [0.3, 0.4) is 0 Å². The molecule has 0 aromatic heterocycles. The van der Waals surface area contributed by atoms with Crippen molar-refractivity contribution in [2.24, 2.45) is 0 Å². The predicted molar refractivity (Wildman–Crippen MR) is 81.4 cm³/mol. The number of nitro benzene ring substituents is 1. The second-order valence-electron chi connectivity index (χ2n) is 5.38. The van der Waals surface area contributed by atoms with Crippen LogP contribution in [0, 0.1) is 10.1 Å². The minimum Gasteiger partial charge on any atom is -0.382 e. The summed E-state index contributed by atoms with van der Waals surface area (Å²) in [5, 5.41) is 14.4. The van der Waals surface area contributed by atoms with Gasteiger partial charge in [0.25, 0.3) is 5.69 Å². The van der Waals surface area contributed by atoms with Crippen molar-refractivity contribution in [2.45, 2.75) is 39.2 Å². The zero-order valence-corrected chi connectivity index (χ0v) is 12.5. The summed E-state index contributed by atoms with van der Waals surface area (Å²) in [6.45, 7) is 4.97. The van der Waals surface area contributed by atoms with Crippen molar-refractivity contribution in [1.82, 2.24) is 4.90 Å². The van der Waals surface area contributed by atoms with Gasteiger partial charge in [-0.05, 0) is 25.3 Å². The van der Waals surface area contributed by atoms with Crippen LogP contribution in [-0.4, -0.2) is 34.9 Å². The molecule has 0 atom stereocenters. The molecule has 0 bridgehead atoms. The number of nitrogens with one attached hydrogen (secondary N) is 1. The molecule has 1 heterocycles. The zero-order valence-electron chi connectivity index (χ0n) is 12.5. The van der Waals surface area contributed by atoms with Gasteiger partial charge < -0.3 is 10.2 Å². The molecule has 6 nitrogen and oxygen atoms in total. The third-order valence-electron chi connectivity index (χ3n) is 3.97. The highest BCUT2D eigenvalue weighted by atomic mass is 16.6. The molecule has 21 heavy (non-hydrogen) atoms. The van der Waals surface area contributed by atoms with Crippen molar-refractivity contribution < 1.29 is 9.72 Å². The van der Waals surface area contributed by atoms with E-state index in [9.17, 15) is 14.9 Å². The Labute approximate surface area is 124 Å². The lowest BCUT2D eigenvalue weighted by Crippen LogP contribution is -2.41. The average Bonchev–Trinajstić information content (AvgIpc) is 2.47. The van der Waals surface area contributed by atoms with E-state index in [1.165, 1.54) is 0 Å². The van der Waals surface area contributed by atoms with Crippen LogP contribution < -0.4 is 5.32 Å². The number of likely N-dealkylation sites (tertiary alicyclic amines) is 1. The van der Waals surface area contributed by atoms with Crippen molar-refractivity contribution in [1.29, 1.82) is 0 Å². The first-order valence-corrected chi connectivity index (χ1v) is 7.30. The average molecular weight is 291 g/mol. The molecule has 1 amide bonds. The molecule has 0 unspecified atom stereocenters. The van der Waals surface area contributed by atoms with Crippen LogP contribution in [-0.2, 0) is 11.2 Å². The fraction of sp³-hybridized carbons (Fsp3) is 0.533. The quantitative estimate of drug-likeness (QED) is 0.683. The normalized spacial score (nSPS) is 15.8. The minimum atomic E-state index is -0.331. The second-order valence-corrected chi connectivity index (χ2v) is 5.38. The van der Waals surface area contributed by atoms with Crippen LogP contribution in [0.15, 0.2) is 18.2 Å². The number of nitro groups is 1. The number of aryl methyl sites for hydroxylation is 1. The summed E-state index contributed by atoms with van der Waals surface area (Å²) in [5.74, 6) is 0.108. The number of anilines is 1. The molecule has 1 aromatic rings. The monoisotopic (exact) mass is 291 g/mol. The predicted octanol–water partition coefficient (Wildman–Crippen LogP) is 2.58. The van der Waals surface area contributed by atoms with E-state index in [1.807, 2.05) is 24.0 Å². The molecule has 0 radical (unpaired) electrons. The molecule has 1 N–H and O–H groups in total. The number of rotatable bonds is 4. The first-order valence-electron chi connectivity index (χ1n) is 7.30. The maximum absolute atomic E-state index is 11.3. The second kappa shape index (κ2) is 6.56. The van der Waals surface area contributed by atoms with E-state index in [-0.39, 0.29) is 22.6 Å². The summed E-state index contributed by atoms with van der Waals surface area (Å²) in [4.78, 5) is 23.9. The Balaban J connectivity index is 2.02. The molecular formula is C15H21N3O3. The molecule has 1 fully saturated rings. The number of piperidine rings is 1. The number of nitrogens with zero attached hydrogens (tertiary/aromatic N) is 2. The Morgan fingerprint density at radius 1 is 1.43 bits per heavy atom. The number of carbonyl (C=O) groups excluding carboxylic acids is 1. The number of carbonyl (C=O) groups is 1. The topological polar surface area (TPSA) is 75.5 Å². The van der Waals surface area contributed by atoms with Gasteiger partial charge in [-0.3, -0.25) is 14.9 Å². The van der Waals surface area contributed by atoms with E-state index < -0.39 is 0 Å². The molecule has 1 saturated heterocycles. The van der Waals surface area contributed by atoms with Gasteiger partial charge in [0, 0.05) is 43.4 Å². The smallest absolute Gasteiger partial charge is 0.274 e. The third-order valence-corrected chi connectivity index (χ3v) is 3.97. The van der Waals surface area contributed by atoms with Gasteiger partial charge in [0.2, 0.25) is 5.91 Å². The van der Waals surface area contributed by atoms with Crippen LogP contribution >= 0.6 is 0 Å². The first-order chi connectivity index (χ1) is 10.0. The first kappa shape index (κ1) is 15.3. The molecule has 1 aliphatic rings. The van der Waals surface area contributed by atoms with E-state index in [4.69, 9.17) is 0 Å². The van der Waals surface area contributed by atoms with E-state index in [0.717, 1.165) is 37.2 Å². The molecule has 0 spiro atoms. The summed E-state index contributed by atoms with van der Waals surface area (Å²) in [6, 6.07) is 5.57. The molecule has 2 rings (SSSR count). The summed E-state index contributed by atoms with van der Waals surface area (Å²) in [7, 11) is 0. The molecule has 1 aromatic carbocycles. The Morgan fingerprint density at radius 2 is 2.10 bits per heavy atom. The molecule has 0 saturated carbocycles. The lowest BCUT2D eigenvalue weighted by Gasteiger charge is -2.32. The van der Waals surface area contributed by atoms with E-state index in [1.54, 1.807) is 13.0 Å². The summed E-state index contributed by atoms with van der Waals surface area (Å²) >= 11 is 0. The Kier molecular flexibility index (Phi) is 4.77. The zero-order chi connectivity index (χ0) is 15.4. The van der Waals surface area contributed by atoms with Gasteiger partial charge in [0.15, 0.2) is 0 Å². The van der Waals surface area contributed by atoms with E-state index >= 15 is 0 Å². The van der Waals surface area contributed by atoms with Crippen molar-refractivity contribution in [3.63, 3.8) is 0 Å². The number of hydrogen-bond donors (Lipinski definition) is 1. The van der Waals surface area contributed by atoms with Gasteiger partial charge in [-0.1, -0.05) is 13.0 Å². The minimum absolute atomic E-state index is 0.108. The maximum Gasteiger partial charge on any atom is 0.274 e. The Morgan fingerprint density at radius 3 is 2.62 bits per heavy atom. The fourth-order valence-electron chi connectivity index (χ4n) is 2.70. The SMILES string of the molecule is CCc1ccc(NC2CCN(C(C)=O)CC2)cc1[N+](=O)[O-]. The highest BCUT2D eigenvalue weighted by Gasteiger charge is 2.21. The van der Waals surface area contributed by atoms with Crippen molar-refractivity contribution in [3.05, 3.63) is 33.9 Å². The van der Waals surface area contributed by atoms with Crippen LogP contribution in [0.2, 0.25) is 0 Å². The van der Waals surface area contributed by atoms with Crippen LogP contribution in [0.4, 0.5) is 11.4 Å². The van der Waals surface area contributed by atoms with Gasteiger partial charge in [-0.15, -0.1) is 0 Å². The largest absolute Gasteiger partial charge is 0.382 e. The van der Waals surface area contributed by atoms with Gasteiger partial charge in [0.05, 0.1) is 4.92 Å². The fourth-order valence-corrected chi connectivity index (χ4v) is 2.70. The highest BCUT2D eigenvalue weighted by Crippen LogP contribution is 2.25. The highest BCUT2D eigenvalue weighted by molar-refractivity contribution is 5.73. The van der Waals surface area contributed by atoms with Gasteiger partial charge >= 0.3 is 0 Å². The summed E-state index contributed by atoms with van der Waals surface area (Å²) in [6.07, 6.45) is 2.37. The molecule has 1 aliphatic heterocycles. The number of benzene rings is 1. The van der Waals surface area contributed by atoms with Gasteiger partial charge in [0.1, 0.15) is 0 Å². The van der Waals surface area contributed by atoms with Crippen LogP contribution in [0.5, 0.6) is 0 Å². The van der Waals surface area contributed by atoms with Crippen molar-refractivity contribution in [3.8, 4) is 0 Å². The van der Waals surface area contributed by atoms with Crippen LogP contribution in [0.25, 0.3) is 0 Å². The van der Waals surface area contributed by atoms with Crippen molar-refractivity contribution in [2.75, 3.05) is 18.4 Å². The van der Waals surface area contributed by atoms with E-state index in [0.29, 0.717) is 6.42 Å². The van der Waals surface area contributed by atoms with Crippen LogP contribution in [0.1, 0.15) is 32.3 Å². The lowest BCUT2D eigenvalue weighted by atomic mass is 10.0. The molecule has 114 valence electrons. The Hall–Kier alpha value is -2.11. The van der Waals surface area contributed by atoms with Gasteiger partial charge in [-0.25, -0.2) is 0 Å².